The summed E-state index contributed by atoms with van der Waals surface area (Å²) in [6.07, 6.45) is 0. The third-order valence-corrected chi connectivity index (χ3v) is 5.22. The molecule has 0 fully saturated rings. The van der Waals surface area contributed by atoms with Crippen LogP contribution in [0.2, 0.25) is 0 Å². The van der Waals surface area contributed by atoms with Crippen molar-refractivity contribution in [1.29, 1.82) is 0 Å². The summed E-state index contributed by atoms with van der Waals surface area (Å²) in [5.74, 6) is 0.493. The van der Waals surface area contributed by atoms with Gasteiger partial charge in [-0.15, -0.1) is 0 Å². The maximum absolute atomic E-state index is 10.5. The highest BCUT2D eigenvalue weighted by Crippen LogP contribution is 2.41. The Kier molecular flexibility index (Phi) is 4.64. The minimum atomic E-state index is -0.128. The van der Waals surface area contributed by atoms with Crippen LogP contribution in [0.15, 0.2) is 48.5 Å². The number of anilines is 1. The summed E-state index contributed by atoms with van der Waals surface area (Å²) in [6, 6.07) is 15.7. The van der Waals surface area contributed by atoms with Crippen molar-refractivity contribution in [3.05, 3.63) is 87.5 Å². The number of hydrogen-bond acceptors (Lipinski definition) is 3. The smallest absolute Gasteiger partial charge is 0.121 e. The van der Waals surface area contributed by atoms with Crippen LogP contribution < -0.4 is 5.73 Å². The quantitative estimate of drug-likeness (QED) is 0.456. The first-order chi connectivity index (χ1) is 12.3. The minimum absolute atomic E-state index is 0.128. The van der Waals surface area contributed by atoms with Crippen molar-refractivity contribution < 1.29 is 10.2 Å². The number of benzene rings is 3. The van der Waals surface area contributed by atoms with E-state index in [0.717, 1.165) is 38.9 Å². The van der Waals surface area contributed by atoms with Crippen molar-refractivity contribution in [1.82, 2.24) is 0 Å². The summed E-state index contributed by atoms with van der Waals surface area (Å²) >= 11 is 0. The lowest BCUT2D eigenvalue weighted by atomic mass is 9.80. The first-order valence-corrected chi connectivity index (χ1v) is 8.74. The molecule has 0 aliphatic rings. The number of nitrogen functional groups attached to an aromatic ring is 1. The van der Waals surface area contributed by atoms with Crippen molar-refractivity contribution >= 4 is 5.69 Å². The van der Waals surface area contributed by atoms with Gasteiger partial charge in [0.2, 0.25) is 0 Å². The van der Waals surface area contributed by atoms with Gasteiger partial charge in [-0.05, 0) is 78.8 Å². The summed E-state index contributed by atoms with van der Waals surface area (Å²) in [5.41, 5.74) is 13.2. The van der Waals surface area contributed by atoms with E-state index in [-0.39, 0.29) is 5.92 Å². The molecule has 0 bridgehead atoms. The Labute approximate surface area is 154 Å². The molecule has 0 spiro atoms. The summed E-state index contributed by atoms with van der Waals surface area (Å²) in [5, 5.41) is 21.0. The predicted octanol–water partition coefficient (Wildman–Crippen LogP) is 5.09. The van der Waals surface area contributed by atoms with Crippen LogP contribution in [0.4, 0.5) is 5.69 Å². The van der Waals surface area contributed by atoms with Gasteiger partial charge in [-0.2, -0.15) is 0 Å². The fraction of sp³-hybridized carbons (Fsp3) is 0.217. The van der Waals surface area contributed by atoms with Crippen LogP contribution in [-0.2, 0) is 0 Å². The largest absolute Gasteiger partial charge is 0.507 e. The van der Waals surface area contributed by atoms with Crippen LogP contribution in [0, 0.1) is 27.7 Å². The Morgan fingerprint density at radius 2 is 1.23 bits per heavy atom. The van der Waals surface area contributed by atoms with Crippen LogP contribution >= 0.6 is 0 Å². The molecule has 0 aliphatic heterocycles. The molecule has 0 saturated heterocycles. The Morgan fingerprint density at radius 1 is 0.731 bits per heavy atom. The average molecular weight is 347 g/mol. The number of aromatic hydroxyl groups is 2. The van der Waals surface area contributed by atoms with E-state index in [2.05, 4.69) is 12.1 Å². The van der Waals surface area contributed by atoms with Crippen LogP contribution in [0.3, 0.4) is 0 Å². The number of nitrogens with two attached hydrogens (primary N) is 1. The second kappa shape index (κ2) is 6.75. The topological polar surface area (TPSA) is 66.5 Å². The molecule has 0 amide bonds. The molecule has 0 saturated carbocycles. The molecule has 0 aromatic heterocycles. The van der Waals surface area contributed by atoms with Gasteiger partial charge in [-0.25, -0.2) is 0 Å². The molecule has 0 unspecified atom stereocenters. The normalized spacial score (nSPS) is 11.1. The molecule has 26 heavy (non-hydrogen) atoms. The van der Waals surface area contributed by atoms with Gasteiger partial charge < -0.3 is 15.9 Å². The summed E-state index contributed by atoms with van der Waals surface area (Å²) in [4.78, 5) is 0. The van der Waals surface area contributed by atoms with Gasteiger partial charge in [0.15, 0.2) is 0 Å². The summed E-state index contributed by atoms with van der Waals surface area (Å²) in [6.45, 7) is 7.65. The molecule has 4 N–H and O–H groups in total. The van der Waals surface area contributed by atoms with E-state index in [1.54, 1.807) is 0 Å². The molecule has 0 atom stereocenters. The molecule has 0 radical (unpaired) electrons. The van der Waals surface area contributed by atoms with E-state index in [1.807, 2.05) is 64.1 Å². The van der Waals surface area contributed by atoms with Crippen LogP contribution in [-0.4, -0.2) is 10.2 Å². The van der Waals surface area contributed by atoms with Crippen molar-refractivity contribution in [2.45, 2.75) is 33.6 Å². The van der Waals surface area contributed by atoms with E-state index in [1.165, 1.54) is 0 Å². The van der Waals surface area contributed by atoms with Crippen LogP contribution in [0.25, 0.3) is 0 Å². The van der Waals surface area contributed by atoms with Crippen molar-refractivity contribution in [2.75, 3.05) is 5.73 Å². The predicted molar refractivity (Wildman–Crippen MR) is 107 cm³/mol. The van der Waals surface area contributed by atoms with Crippen LogP contribution in [0.5, 0.6) is 11.5 Å². The Balaban J connectivity index is 2.32. The molecule has 0 heterocycles. The molecular weight excluding hydrogens is 322 g/mol. The molecule has 3 nitrogen and oxygen atoms in total. The monoisotopic (exact) mass is 347 g/mol. The second-order valence-corrected chi connectivity index (χ2v) is 6.99. The molecular formula is C23H25NO2. The van der Waals surface area contributed by atoms with Gasteiger partial charge in [0.1, 0.15) is 11.5 Å². The molecule has 3 rings (SSSR count). The van der Waals surface area contributed by atoms with Crippen molar-refractivity contribution in [3.63, 3.8) is 0 Å². The molecule has 3 aromatic rings. The zero-order valence-corrected chi connectivity index (χ0v) is 15.7. The third kappa shape index (κ3) is 3.01. The highest BCUT2D eigenvalue weighted by molar-refractivity contribution is 5.58. The zero-order chi connectivity index (χ0) is 19.0. The van der Waals surface area contributed by atoms with Gasteiger partial charge in [0, 0.05) is 11.6 Å². The number of phenols is 2. The minimum Gasteiger partial charge on any atom is -0.507 e. The zero-order valence-electron chi connectivity index (χ0n) is 15.7. The van der Waals surface area contributed by atoms with E-state index >= 15 is 0 Å². The first kappa shape index (κ1) is 17.9. The standard InChI is InChI=1S/C23H25NO2/c1-13-8-10-19(15(3)22(13)25)21(17-6-5-7-18(24)12-17)20-11-9-14(2)23(26)16(20)4/h5-12,21,25-26H,24H2,1-4H3. The third-order valence-electron chi connectivity index (χ3n) is 5.22. The van der Waals surface area contributed by atoms with E-state index in [9.17, 15) is 10.2 Å². The molecule has 3 aromatic carbocycles. The lowest BCUT2D eigenvalue weighted by molar-refractivity contribution is 0.464. The second-order valence-electron chi connectivity index (χ2n) is 6.99. The molecule has 134 valence electrons. The lowest BCUT2D eigenvalue weighted by Gasteiger charge is -2.24. The average Bonchev–Trinajstić information content (AvgIpc) is 2.61. The van der Waals surface area contributed by atoms with Gasteiger partial charge >= 0.3 is 0 Å². The highest BCUT2D eigenvalue weighted by atomic mass is 16.3. The van der Waals surface area contributed by atoms with Crippen molar-refractivity contribution in [2.24, 2.45) is 0 Å². The fourth-order valence-electron chi connectivity index (χ4n) is 3.59. The van der Waals surface area contributed by atoms with Gasteiger partial charge in [-0.1, -0.05) is 36.4 Å². The Hall–Kier alpha value is -2.94. The fourth-order valence-corrected chi connectivity index (χ4v) is 3.59. The summed E-state index contributed by atoms with van der Waals surface area (Å²) in [7, 11) is 0. The van der Waals surface area contributed by atoms with Gasteiger partial charge in [-0.3, -0.25) is 0 Å². The Bertz CT molecular complexity index is 919. The maximum Gasteiger partial charge on any atom is 0.121 e. The number of phenolic OH excluding ortho intramolecular Hbond substituents is 2. The number of aryl methyl sites for hydroxylation is 2. The highest BCUT2D eigenvalue weighted by Gasteiger charge is 2.23. The van der Waals surface area contributed by atoms with Gasteiger partial charge in [0.25, 0.3) is 0 Å². The van der Waals surface area contributed by atoms with E-state index in [0.29, 0.717) is 17.2 Å². The molecule has 0 aliphatic carbocycles. The van der Waals surface area contributed by atoms with E-state index < -0.39 is 0 Å². The van der Waals surface area contributed by atoms with Crippen LogP contribution in [0.1, 0.15) is 44.9 Å². The Morgan fingerprint density at radius 3 is 1.69 bits per heavy atom. The lowest BCUT2D eigenvalue weighted by Crippen LogP contribution is -2.08. The number of hydrogen-bond donors (Lipinski definition) is 3. The maximum atomic E-state index is 10.5. The summed E-state index contributed by atoms with van der Waals surface area (Å²) < 4.78 is 0. The molecule has 3 heteroatoms. The van der Waals surface area contributed by atoms with Crippen molar-refractivity contribution in [3.8, 4) is 11.5 Å². The van der Waals surface area contributed by atoms with Gasteiger partial charge in [0.05, 0.1) is 0 Å². The SMILES string of the molecule is Cc1ccc(C(c2cccc(N)c2)c2ccc(C)c(O)c2C)c(C)c1O. The first-order valence-electron chi connectivity index (χ1n) is 8.74. The van der Waals surface area contributed by atoms with E-state index in [4.69, 9.17) is 5.73 Å². The number of rotatable bonds is 3.